The number of hydrogen-bond acceptors (Lipinski definition) is 4. The zero-order valence-electron chi connectivity index (χ0n) is 12.8. The molecule has 1 aliphatic rings. The molecule has 2 aromatic rings. The first kappa shape index (κ1) is 15.0. The molecule has 0 unspecified atom stereocenters. The number of carbonyl (C=O) groups excluding carboxylic acids is 1. The third-order valence-corrected chi connectivity index (χ3v) is 3.93. The van der Waals surface area contributed by atoms with Crippen LogP contribution in [0.15, 0.2) is 42.6 Å². The van der Waals surface area contributed by atoms with Gasteiger partial charge in [0.25, 0.3) is 5.91 Å². The fourth-order valence-electron chi connectivity index (χ4n) is 2.68. The van der Waals surface area contributed by atoms with E-state index >= 15 is 0 Å². The van der Waals surface area contributed by atoms with Crippen LogP contribution >= 0.6 is 0 Å². The topological polar surface area (TPSA) is 69.0 Å². The Hall–Kier alpha value is -2.87. The average molecular weight is 306 g/mol. The van der Waals surface area contributed by atoms with Crippen LogP contribution in [0.3, 0.4) is 0 Å². The fraction of sp³-hybridized carbons (Fsp3) is 0.278. The molecule has 0 bridgehead atoms. The minimum Gasteiger partial charge on any atom is -0.355 e. The summed E-state index contributed by atoms with van der Waals surface area (Å²) in [6.45, 7) is 1.63. The summed E-state index contributed by atoms with van der Waals surface area (Å²) in [7, 11) is 0. The third-order valence-electron chi connectivity index (χ3n) is 3.93. The molecule has 1 aliphatic heterocycles. The Morgan fingerprint density at radius 2 is 1.83 bits per heavy atom. The molecule has 5 heteroatoms. The van der Waals surface area contributed by atoms with Crippen LogP contribution in [0.2, 0.25) is 0 Å². The van der Waals surface area contributed by atoms with E-state index in [4.69, 9.17) is 5.26 Å². The fourth-order valence-corrected chi connectivity index (χ4v) is 2.68. The summed E-state index contributed by atoms with van der Waals surface area (Å²) in [6.07, 6.45) is 4.96. The number of hydrogen-bond donors (Lipinski definition) is 1. The molecular weight excluding hydrogens is 288 g/mol. The van der Waals surface area contributed by atoms with E-state index < -0.39 is 0 Å². The minimum atomic E-state index is -0.00632. The number of nitriles is 1. The second-order valence-corrected chi connectivity index (χ2v) is 5.60. The highest BCUT2D eigenvalue weighted by Crippen LogP contribution is 2.19. The maximum atomic E-state index is 12.5. The van der Waals surface area contributed by atoms with Gasteiger partial charge in [-0.1, -0.05) is 0 Å². The van der Waals surface area contributed by atoms with Gasteiger partial charge in [-0.05, 0) is 55.7 Å². The van der Waals surface area contributed by atoms with Gasteiger partial charge < -0.3 is 10.2 Å². The molecular formula is C18H18N4O. The Balaban J connectivity index is 1.73. The second-order valence-electron chi connectivity index (χ2n) is 5.60. The van der Waals surface area contributed by atoms with E-state index in [1.165, 1.54) is 6.42 Å². The molecule has 0 saturated carbocycles. The quantitative estimate of drug-likeness (QED) is 0.944. The first-order chi connectivity index (χ1) is 11.3. The average Bonchev–Trinajstić information content (AvgIpc) is 2.63. The highest BCUT2D eigenvalue weighted by Gasteiger charge is 2.19. The van der Waals surface area contributed by atoms with Crippen LogP contribution in [-0.2, 0) is 0 Å². The Kier molecular flexibility index (Phi) is 4.53. The number of anilines is 2. The van der Waals surface area contributed by atoms with E-state index in [1.807, 2.05) is 23.1 Å². The number of nitrogens with one attached hydrogen (secondary N) is 1. The van der Waals surface area contributed by atoms with Crippen molar-refractivity contribution in [1.29, 1.82) is 5.26 Å². The zero-order chi connectivity index (χ0) is 16.1. The van der Waals surface area contributed by atoms with Crippen molar-refractivity contribution in [2.24, 2.45) is 0 Å². The van der Waals surface area contributed by atoms with Gasteiger partial charge >= 0.3 is 0 Å². The number of carbonyl (C=O) groups is 1. The van der Waals surface area contributed by atoms with Gasteiger partial charge in [0.15, 0.2) is 0 Å². The van der Waals surface area contributed by atoms with Crippen molar-refractivity contribution in [2.45, 2.75) is 19.3 Å². The molecule has 5 nitrogen and oxygen atoms in total. The molecule has 23 heavy (non-hydrogen) atoms. The van der Waals surface area contributed by atoms with E-state index in [0.717, 1.165) is 37.3 Å². The molecule has 0 aliphatic carbocycles. The Labute approximate surface area is 135 Å². The van der Waals surface area contributed by atoms with E-state index in [-0.39, 0.29) is 5.91 Å². The number of piperidine rings is 1. The number of likely N-dealkylation sites (tertiary alicyclic amines) is 1. The zero-order valence-corrected chi connectivity index (χ0v) is 12.8. The van der Waals surface area contributed by atoms with Gasteiger partial charge in [-0.25, -0.2) is 0 Å². The predicted octanol–water partition coefficient (Wildman–Crippen LogP) is 3.32. The molecule has 1 aromatic heterocycles. The largest absolute Gasteiger partial charge is 0.355 e. The van der Waals surface area contributed by atoms with E-state index in [0.29, 0.717) is 11.3 Å². The van der Waals surface area contributed by atoms with Crippen LogP contribution < -0.4 is 5.32 Å². The van der Waals surface area contributed by atoms with Crippen molar-refractivity contribution in [2.75, 3.05) is 18.4 Å². The van der Waals surface area contributed by atoms with Crippen molar-refractivity contribution >= 4 is 17.3 Å². The summed E-state index contributed by atoms with van der Waals surface area (Å²) in [5.74, 6) is -0.00632. The number of benzene rings is 1. The van der Waals surface area contributed by atoms with Gasteiger partial charge in [0.05, 0.1) is 11.6 Å². The number of rotatable bonds is 3. The highest BCUT2D eigenvalue weighted by molar-refractivity contribution is 5.93. The Bertz CT molecular complexity index is 727. The summed E-state index contributed by atoms with van der Waals surface area (Å²) in [5.41, 5.74) is 2.76. The first-order valence-electron chi connectivity index (χ1n) is 7.79. The Morgan fingerprint density at radius 1 is 1.09 bits per heavy atom. The first-order valence-corrected chi connectivity index (χ1v) is 7.79. The van der Waals surface area contributed by atoms with Crippen LogP contribution in [0, 0.1) is 11.3 Å². The van der Waals surface area contributed by atoms with Crippen molar-refractivity contribution in [3.8, 4) is 6.07 Å². The van der Waals surface area contributed by atoms with Crippen LogP contribution in [0.25, 0.3) is 0 Å². The summed E-state index contributed by atoms with van der Waals surface area (Å²) >= 11 is 0. The highest BCUT2D eigenvalue weighted by atomic mass is 16.2. The molecule has 0 spiro atoms. The van der Waals surface area contributed by atoms with Crippen LogP contribution in [0.4, 0.5) is 11.4 Å². The lowest BCUT2D eigenvalue weighted by molar-refractivity contribution is 0.0718. The molecule has 0 radical (unpaired) electrons. The van der Waals surface area contributed by atoms with Gasteiger partial charge in [0.2, 0.25) is 0 Å². The van der Waals surface area contributed by atoms with Gasteiger partial charge in [0, 0.05) is 30.7 Å². The minimum absolute atomic E-state index is 0.00632. The van der Waals surface area contributed by atoms with Crippen molar-refractivity contribution in [3.05, 3.63) is 53.9 Å². The summed E-state index contributed by atoms with van der Waals surface area (Å²) < 4.78 is 0. The lowest BCUT2D eigenvalue weighted by atomic mass is 10.1. The summed E-state index contributed by atoms with van der Waals surface area (Å²) in [5, 5.41) is 12.1. The van der Waals surface area contributed by atoms with Gasteiger partial charge in [-0.15, -0.1) is 0 Å². The molecule has 1 amide bonds. The maximum Gasteiger partial charge on any atom is 0.272 e. The Morgan fingerprint density at radius 3 is 2.52 bits per heavy atom. The van der Waals surface area contributed by atoms with E-state index in [9.17, 15) is 4.79 Å². The summed E-state index contributed by atoms with van der Waals surface area (Å²) in [4.78, 5) is 18.6. The van der Waals surface area contributed by atoms with Crippen LogP contribution in [-0.4, -0.2) is 28.9 Å². The monoisotopic (exact) mass is 306 g/mol. The normalized spacial score (nSPS) is 14.1. The lowest BCUT2D eigenvalue weighted by Crippen LogP contribution is -2.36. The number of aromatic nitrogens is 1. The molecule has 116 valence electrons. The molecule has 2 heterocycles. The molecule has 1 aromatic carbocycles. The molecule has 0 atom stereocenters. The lowest BCUT2D eigenvalue weighted by Gasteiger charge is -2.26. The summed E-state index contributed by atoms with van der Waals surface area (Å²) in [6, 6.07) is 12.9. The SMILES string of the molecule is N#Cc1ccc(Nc2ccnc(C(=O)N3CCCCC3)c2)cc1. The standard InChI is InChI=1S/C18H18N4O/c19-13-14-4-6-15(7-5-14)21-16-8-9-20-17(12-16)18(23)22-10-2-1-3-11-22/h4-9,12H,1-3,10-11H2,(H,20,21). The second kappa shape index (κ2) is 6.93. The van der Waals surface area contributed by atoms with Crippen molar-refractivity contribution in [1.82, 2.24) is 9.88 Å². The van der Waals surface area contributed by atoms with Gasteiger partial charge in [-0.3, -0.25) is 9.78 Å². The smallest absolute Gasteiger partial charge is 0.272 e. The van der Waals surface area contributed by atoms with Gasteiger partial charge in [-0.2, -0.15) is 5.26 Å². The number of pyridine rings is 1. The predicted molar refractivity (Wildman–Crippen MR) is 88.4 cm³/mol. The third kappa shape index (κ3) is 3.67. The molecule has 1 saturated heterocycles. The van der Waals surface area contributed by atoms with Crippen molar-refractivity contribution in [3.63, 3.8) is 0 Å². The van der Waals surface area contributed by atoms with Gasteiger partial charge in [0.1, 0.15) is 5.69 Å². The maximum absolute atomic E-state index is 12.5. The van der Waals surface area contributed by atoms with Crippen molar-refractivity contribution < 1.29 is 4.79 Å². The molecule has 1 N–H and O–H groups in total. The van der Waals surface area contributed by atoms with E-state index in [1.54, 1.807) is 24.4 Å². The molecule has 1 fully saturated rings. The van der Waals surface area contributed by atoms with Crippen LogP contribution in [0.5, 0.6) is 0 Å². The number of amides is 1. The number of nitrogens with zero attached hydrogens (tertiary/aromatic N) is 3. The van der Waals surface area contributed by atoms with Crippen LogP contribution in [0.1, 0.15) is 35.3 Å². The molecule has 3 rings (SSSR count). The van der Waals surface area contributed by atoms with E-state index in [2.05, 4.69) is 16.4 Å².